The average molecular weight is 434 g/mol. The molecule has 8 nitrogen and oxygen atoms in total. The van der Waals surface area contributed by atoms with Crippen LogP contribution in [-0.4, -0.2) is 55.1 Å². The Morgan fingerprint density at radius 2 is 1.80 bits per heavy atom. The fourth-order valence-corrected chi connectivity index (χ4v) is 3.56. The zero-order valence-corrected chi connectivity index (χ0v) is 17.9. The lowest BCUT2D eigenvalue weighted by atomic mass is 10.1. The third kappa shape index (κ3) is 4.76. The Hall–Kier alpha value is -3.00. The van der Waals surface area contributed by atoms with Crippen LogP contribution >= 0.6 is 11.6 Å². The van der Waals surface area contributed by atoms with Gasteiger partial charge in [-0.1, -0.05) is 11.6 Å². The van der Waals surface area contributed by atoms with Crippen LogP contribution in [-0.2, 0) is 0 Å². The van der Waals surface area contributed by atoms with Crippen LogP contribution in [0.3, 0.4) is 0 Å². The molecule has 0 spiro atoms. The van der Waals surface area contributed by atoms with Crippen molar-refractivity contribution in [3.8, 4) is 11.5 Å². The predicted octanol–water partition coefficient (Wildman–Crippen LogP) is 4.01. The van der Waals surface area contributed by atoms with E-state index in [0.29, 0.717) is 54.0 Å². The van der Waals surface area contributed by atoms with Gasteiger partial charge < -0.3 is 19.3 Å². The summed E-state index contributed by atoms with van der Waals surface area (Å²) >= 11 is 5.90. The van der Waals surface area contributed by atoms with Gasteiger partial charge in [0.15, 0.2) is 11.5 Å². The molecule has 0 radical (unpaired) electrons. The largest absolute Gasteiger partial charge is 0.493 e. The number of anilines is 1. The minimum Gasteiger partial charge on any atom is -0.493 e. The van der Waals surface area contributed by atoms with Gasteiger partial charge in [-0.15, -0.1) is 0 Å². The van der Waals surface area contributed by atoms with E-state index in [4.69, 9.17) is 21.1 Å². The first-order chi connectivity index (χ1) is 14.3. The number of hydrogen-bond acceptors (Lipinski definition) is 6. The minimum atomic E-state index is -0.439. The summed E-state index contributed by atoms with van der Waals surface area (Å²) < 4.78 is 11.1. The number of ether oxygens (including phenoxy) is 2. The van der Waals surface area contributed by atoms with Crippen molar-refractivity contribution in [1.82, 2.24) is 4.90 Å². The summed E-state index contributed by atoms with van der Waals surface area (Å²) in [6.07, 6.45) is -0.00884. The first-order valence-corrected chi connectivity index (χ1v) is 10.0. The zero-order valence-electron chi connectivity index (χ0n) is 17.1. The Labute approximate surface area is 180 Å². The van der Waals surface area contributed by atoms with Crippen molar-refractivity contribution in [2.45, 2.75) is 20.0 Å². The van der Waals surface area contributed by atoms with Crippen molar-refractivity contribution in [1.29, 1.82) is 0 Å². The van der Waals surface area contributed by atoms with E-state index in [9.17, 15) is 14.9 Å². The van der Waals surface area contributed by atoms with E-state index in [2.05, 4.69) is 0 Å². The molecular weight excluding hydrogens is 410 g/mol. The van der Waals surface area contributed by atoms with Crippen molar-refractivity contribution in [3.63, 3.8) is 0 Å². The second kappa shape index (κ2) is 9.21. The number of carbonyl (C=O) groups excluding carboxylic acids is 1. The number of piperazine rings is 1. The first kappa shape index (κ1) is 21.7. The van der Waals surface area contributed by atoms with Crippen molar-refractivity contribution in [2.75, 3.05) is 38.2 Å². The Kier molecular flexibility index (Phi) is 6.66. The fraction of sp³-hybridized carbons (Fsp3) is 0.381. The van der Waals surface area contributed by atoms with E-state index in [0.717, 1.165) is 0 Å². The highest BCUT2D eigenvalue weighted by atomic mass is 35.5. The molecule has 1 fully saturated rings. The van der Waals surface area contributed by atoms with Crippen LogP contribution in [0.2, 0.25) is 5.02 Å². The first-order valence-electron chi connectivity index (χ1n) is 9.63. The lowest BCUT2D eigenvalue weighted by Crippen LogP contribution is -2.49. The van der Waals surface area contributed by atoms with Crippen LogP contribution in [0.15, 0.2) is 36.4 Å². The highest BCUT2D eigenvalue weighted by molar-refractivity contribution is 6.30. The third-order valence-corrected chi connectivity index (χ3v) is 5.05. The molecule has 3 rings (SSSR count). The molecule has 0 N–H and O–H groups in total. The van der Waals surface area contributed by atoms with E-state index in [1.165, 1.54) is 13.2 Å². The van der Waals surface area contributed by atoms with E-state index < -0.39 is 4.92 Å². The Bertz CT molecular complexity index is 942. The lowest BCUT2D eigenvalue weighted by molar-refractivity contribution is -0.384. The molecule has 0 bridgehead atoms. The maximum absolute atomic E-state index is 12.9. The molecule has 1 heterocycles. The molecule has 2 aromatic carbocycles. The SMILES string of the molecule is COc1cc(C(=O)N2CCN(c3ccc(Cl)cc3[N+](=O)[O-])CC2)ccc1OC(C)C. The lowest BCUT2D eigenvalue weighted by Gasteiger charge is -2.36. The molecule has 0 aliphatic carbocycles. The summed E-state index contributed by atoms with van der Waals surface area (Å²) in [6, 6.07) is 9.76. The second-order valence-corrected chi connectivity index (χ2v) is 7.64. The number of halogens is 1. The van der Waals surface area contributed by atoms with Gasteiger partial charge in [-0.05, 0) is 44.2 Å². The highest BCUT2D eigenvalue weighted by Gasteiger charge is 2.27. The number of benzene rings is 2. The van der Waals surface area contributed by atoms with Crippen LogP contribution in [0, 0.1) is 10.1 Å². The van der Waals surface area contributed by atoms with E-state index in [1.54, 1.807) is 35.2 Å². The second-order valence-electron chi connectivity index (χ2n) is 7.20. The van der Waals surface area contributed by atoms with Gasteiger partial charge in [-0.2, -0.15) is 0 Å². The van der Waals surface area contributed by atoms with E-state index in [1.807, 2.05) is 18.7 Å². The number of nitro benzene ring substituents is 1. The molecule has 30 heavy (non-hydrogen) atoms. The van der Waals surface area contributed by atoms with Gasteiger partial charge in [-0.3, -0.25) is 14.9 Å². The van der Waals surface area contributed by atoms with Gasteiger partial charge >= 0.3 is 0 Å². The molecule has 1 aliphatic heterocycles. The molecule has 0 atom stereocenters. The van der Waals surface area contributed by atoms with Gasteiger partial charge in [0.2, 0.25) is 0 Å². The highest BCUT2D eigenvalue weighted by Crippen LogP contribution is 2.32. The van der Waals surface area contributed by atoms with Gasteiger partial charge in [0.25, 0.3) is 11.6 Å². The molecule has 9 heteroatoms. The van der Waals surface area contributed by atoms with E-state index in [-0.39, 0.29) is 17.7 Å². The zero-order chi connectivity index (χ0) is 21.8. The van der Waals surface area contributed by atoms with Crippen LogP contribution < -0.4 is 14.4 Å². The number of rotatable bonds is 6. The predicted molar refractivity (Wildman–Crippen MR) is 115 cm³/mol. The summed E-state index contributed by atoms with van der Waals surface area (Å²) in [5, 5.41) is 11.7. The molecule has 0 aromatic heterocycles. The number of amides is 1. The molecule has 0 unspecified atom stereocenters. The van der Waals surface area contributed by atoms with Crippen molar-refractivity contribution in [3.05, 3.63) is 57.1 Å². The van der Waals surface area contributed by atoms with Gasteiger partial charge in [0, 0.05) is 42.8 Å². The summed E-state index contributed by atoms with van der Waals surface area (Å²) in [7, 11) is 1.54. The molecule has 0 saturated carbocycles. The average Bonchev–Trinajstić information content (AvgIpc) is 2.73. The van der Waals surface area contributed by atoms with Crippen molar-refractivity contribution < 1.29 is 19.2 Å². The monoisotopic (exact) mass is 433 g/mol. The van der Waals surface area contributed by atoms with Gasteiger partial charge in [0.05, 0.1) is 18.1 Å². The number of carbonyl (C=O) groups is 1. The van der Waals surface area contributed by atoms with Gasteiger partial charge in [-0.25, -0.2) is 0 Å². The van der Waals surface area contributed by atoms with Gasteiger partial charge in [0.1, 0.15) is 5.69 Å². The van der Waals surface area contributed by atoms with Crippen molar-refractivity contribution >= 4 is 28.9 Å². The molecular formula is C21H24ClN3O5. The molecule has 160 valence electrons. The maximum atomic E-state index is 12.9. The number of methoxy groups -OCH3 is 1. The van der Waals surface area contributed by atoms with Crippen LogP contribution in [0.25, 0.3) is 0 Å². The molecule has 1 aliphatic rings. The quantitative estimate of drug-likeness (QED) is 0.505. The number of nitro groups is 1. The van der Waals surface area contributed by atoms with Crippen molar-refractivity contribution in [2.24, 2.45) is 0 Å². The standard InChI is InChI=1S/C21H24ClN3O5/c1-14(2)30-19-7-4-15(12-20(19)29-3)21(26)24-10-8-23(9-11-24)17-6-5-16(22)13-18(17)25(27)28/h4-7,12-14H,8-11H2,1-3H3. The number of hydrogen-bond donors (Lipinski definition) is 0. The Balaban J connectivity index is 1.71. The normalized spacial score (nSPS) is 14.0. The summed E-state index contributed by atoms with van der Waals surface area (Å²) in [5.41, 5.74) is 0.981. The maximum Gasteiger partial charge on any atom is 0.294 e. The smallest absolute Gasteiger partial charge is 0.294 e. The van der Waals surface area contributed by atoms with Crippen LogP contribution in [0.1, 0.15) is 24.2 Å². The van der Waals surface area contributed by atoms with Crippen LogP contribution in [0.4, 0.5) is 11.4 Å². The molecule has 1 saturated heterocycles. The third-order valence-electron chi connectivity index (χ3n) is 4.81. The summed E-state index contributed by atoms with van der Waals surface area (Å²) in [4.78, 5) is 27.5. The minimum absolute atomic E-state index is 0.00884. The van der Waals surface area contributed by atoms with E-state index >= 15 is 0 Å². The summed E-state index contributed by atoms with van der Waals surface area (Å²) in [6.45, 7) is 5.71. The van der Waals surface area contributed by atoms with Crippen LogP contribution in [0.5, 0.6) is 11.5 Å². The fourth-order valence-electron chi connectivity index (χ4n) is 3.40. The molecule has 1 amide bonds. The molecule has 2 aromatic rings. The summed E-state index contributed by atoms with van der Waals surface area (Å²) in [5.74, 6) is 0.976. The Morgan fingerprint density at radius 1 is 1.10 bits per heavy atom. The topological polar surface area (TPSA) is 85.2 Å². The Morgan fingerprint density at radius 3 is 2.40 bits per heavy atom. The number of nitrogens with zero attached hydrogens (tertiary/aromatic N) is 3.